The van der Waals surface area contributed by atoms with Gasteiger partial charge in [-0.2, -0.15) is 8.42 Å². The summed E-state index contributed by atoms with van der Waals surface area (Å²) in [5.41, 5.74) is 0.0835. The van der Waals surface area contributed by atoms with E-state index >= 15 is 0 Å². The molecule has 2 aromatic carbocycles. The van der Waals surface area contributed by atoms with Gasteiger partial charge >= 0.3 is 0 Å². The summed E-state index contributed by atoms with van der Waals surface area (Å²) in [5, 5.41) is 0.246. The molecule has 0 saturated heterocycles. The number of rotatable bonds is 1. The summed E-state index contributed by atoms with van der Waals surface area (Å²) in [4.78, 5) is 24.4. The summed E-state index contributed by atoms with van der Waals surface area (Å²) in [7, 11) is -4.48. The molecule has 0 radical (unpaired) electrons. The van der Waals surface area contributed by atoms with Crippen LogP contribution in [0.4, 0.5) is 0 Å². The topological polar surface area (TPSA) is 88.5 Å². The second-order valence-electron chi connectivity index (χ2n) is 4.65. The first-order chi connectivity index (χ1) is 10.2. The molecular formula is C14H6Cl2O5S. The highest BCUT2D eigenvalue weighted by Gasteiger charge is 2.31. The Hall–Kier alpha value is -1.73. The lowest BCUT2D eigenvalue weighted by Gasteiger charge is -2.18. The predicted molar refractivity (Wildman–Crippen MR) is 79.6 cm³/mol. The first-order valence-electron chi connectivity index (χ1n) is 5.90. The SMILES string of the molecule is O=C1c2ccc(S(=O)(=O)O)cc2C(=O)c2cc(Cl)c(Cl)cc21. The van der Waals surface area contributed by atoms with Gasteiger partial charge in [0, 0.05) is 22.3 Å². The van der Waals surface area contributed by atoms with Crippen molar-refractivity contribution in [3.63, 3.8) is 0 Å². The first-order valence-corrected chi connectivity index (χ1v) is 8.09. The average Bonchev–Trinajstić information content (AvgIpc) is 2.45. The van der Waals surface area contributed by atoms with Crippen LogP contribution in [0.5, 0.6) is 0 Å². The minimum atomic E-state index is -4.48. The van der Waals surface area contributed by atoms with Gasteiger partial charge in [0.05, 0.1) is 14.9 Å². The third-order valence-corrected chi connectivity index (χ3v) is 4.90. The van der Waals surface area contributed by atoms with Crippen LogP contribution < -0.4 is 0 Å². The largest absolute Gasteiger partial charge is 0.294 e. The van der Waals surface area contributed by atoms with E-state index < -0.39 is 26.6 Å². The van der Waals surface area contributed by atoms with E-state index in [1.54, 1.807) is 0 Å². The van der Waals surface area contributed by atoms with Crippen molar-refractivity contribution in [1.82, 2.24) is 0 Å². The smallest absolute Gasteiger partial charge is 0.289 e. The molecule has 8 heteroatoms. The second kappa shape index (κ2) is 4.89. The molecule has 3 rings (SSSR count). The Morgan fingerprint density at radius 3 is 1.73 bits per heavy atom. The van der Waals surface area contributed by atoms with Gasteiger partial charge in [-0.25, -0.2) is 0 Å². The van der Waals surface area contributed by atoms with Crippen molar-refractivity contribution < 1.29 is 22.6 Å². The van der Waals surface area contributed by atoms with Crippen LogP contribution in [-0.2, 0) is 10.1 Å². The van der Waals surface area contributed by atoms with E-state index in [-0.39, 0.29) is 32.3 Å². The van der Waals surface area contributed by atoms with Gasteiger partial charge in [-0.3, -0.25) is 14.1 Å². The molecule has 112 valence electrons. The van der Waals surface area contributed by atoms with Crippen molar-refractivity contribution in [1.29, 1.82) is 0 Å². The zero-order chi connectivity index (χ0) is 16.2. The van der Waals surface area contributed by atoms with Gasteiger partial charge in [0.15, 0.2) is 11.6 Å². The molecule has 5 nitrogen and oxygen atoms in total. The van der Waals surface area contributed by atoms with Crippen molar-refractivity contribution in [2.75, 3.05) is 0 Å². The molecule has 0 amide bonds. The third kappa shape index (κ3) is 2.24. The van der Waals surface area contributed by atoms with E-state index in [1.165, 1.54) is 18.2 Å². The Labute approximate surface area is 135 Å². The van der Waals surface area contributed by atoms with Crippen LogP contribution in [0.15, 0.2) is 35.2 Å². The van der Waals surface area contributed by atoms with Gasteiger partial charge in [-0.05, 0) is 30.3 Å². The summed E-state index contributed by atoms with van der Waals surface area (Å²) in [5.74, 6) is -1.03. The molecule has 0 atom stereocenters. The van der Waals surface area contributed by atoms with E-state index in [1.807, 2.05) is 0 Å². The maximum Gasteiger partial charge on any atom is 0.294 e. The van der Waals surface area contributed by atoms with E-state index in [4.69, 9.17) is 27.8 Å². The summed E-state index contributed by atoms with van der Waals surface area (Å²) in [6.45, 7) is 0. The number of hydrogen-bond donors (Lipinski definition) is 1. The lowest BCUT2D eigenvalue weighted by Crippen LogP contribution is -2.21. The number of carbonyl (C=O) groups is 2. The number of carbonyl (C=O) groups excluding carboxylic acids is 2. The molecule has 0 aliphatic heterocycles. The minimum absolute atomic E-state index is 0.0411. The highest BCUT2D eigenvalue weighted by Crippen LogP contribution is 2.34. The maximum absolute atomic E-state index is 12.5. The second-order valence-corrected chi connectivity index (χ2v) is 6.89. The number of fused-ring (bicyclic) bond motifs is 2. The highest BCUT2D eigenvalue weighted by molar-refractivity contribution is 7.85. The quantitative estimate of drug-likeness (QED) is 0.677. The molecule has 1 aliphatic rings. The van der Waals surface area contributed by atoms with Gasteiger partial charge in [0.25, 0.3) is 10.1 Å². The van der Waals surface area contributed by atoms with Crippen LogP contribution in [0.3, 0.4) is 0 Å². The van der Waals surface area contributed by atoms with Gasteiger partial charge in [0.2, 0.25) is 0 Å². The Morgan fingerprint density at radius 2 is 1.23 bits per heavy atom. The molecule has 0 bridgehead atoms. The fourth-order valence-electron chi connectivity index (χ4n) is 2.28. The molecule has 2 aromatic rings. The number of hydrogen-bond acceptors (Lipinski definition) is 4. The molecule has 22 heavy (non-hydrogen) atoms. The van der Waals surface area contributed by atoms with Crippen molar-refractivity contribution in [3.8, 4) is 0 Å². The summed E-state index contributed by atoms with van der Waals surface area (Å²) in [6, 6.07) is 5.78. The molecular weight excluding hydrogens is 351 g/mol. The maximum atomic E-state index is 12.5. The molecule has 1 aliphatic carbocycles. The number of benzene rings is 2. The Bertz CT molecular complexity index is 963. The zero-order valence-electron chi connectivity index (χ0n) is 10.6. The summed E-state index contributed by atoms with van der Waals surface area (Å²) in [6.07, 6.45) is 0. The van der Waals surface area contributed by atoms with Crippen LogP contribution in [0.25, 0.3) is 0 Å². The van der Waals surface area contributed by atoms with Crippen LogP contribution >= 0.6 is 23.2 Å². The van der Waals surface area contributed by atoms with Gasteiger partial charge in [-0.1, -0.05) is 23.2 Å². The van der Waals surface area contributed by atoms with E-state index in [2.05, 4.69) is 0 Å². The van der Waals surface area contributed by atoms with Crippen LogP contribution in [0.2, 0.25) is 10.0 Å². The third-order valence-electron chi connectivity index (χ3n) is 3.33. The van der Waals surface area contributed by atoms with Crippen LogP contribution in [0.1, 0.15) is 31.8 Å². The summed E-state index contributed by atoms with van der Waals surface area (Å²) >= 11 is 11.7. The molecule has 0 heterocycles. The van der Waals surface area contributed by atoms with Crippen molar-refractivity contribution in [3.05, 3.63) is 62.6 Å². The van der Waals surface area contributed by atoms with Gasteiger partial charge < -0.3 is 0 Å². The summed E-state index contributed by atoms with van der Waals surface area (Å²) < 4.78 is 31.4. The zero-order valence-corrected chi connectivity index (χ0v) is 13.0. The average molecular weight is 357 g/mol. The van der Waals surface area contributed by atoms with Crippen LogP contribution in [0, 0.1) is 0 Å². The monoisotopic (exact) mass is 356 g/mol. The molecule has 0 spiro atoms. The van der Waals surface area contributed by atoms with E-state index in [0.29, 0.717) is 0 Å². The predicted octanol–water partition coefficient (Wildman–Crippen LogP) is 3.02. The molecule has 0 unspecified atom stereocenters. The number of ketones is 2. The Balaban J connectivity index is 2.29. The fraction of sp³-hybridized carbons (Fsp3) is 0. The lowest BCUT2D eigenvalue weighted by atomic mass is 9.84. The Kier molecular flexibility index (Phi) is 3.37. The lowest BCUT2D eigenvalue weighted by molar-refractivity contribution is 0.0979. The molecule has 0 aromatic heterocycles. The number of halogens is 2. The first kappa shape index (κ1) is 15.2. The van der Waals surface area contributed by atoms with Crippen molar-refractivity contribution in [2.45, 2.75) is 4.90 Å². The minimum Gasteiger partial charge on any atom is -0.289 e. The van der Waals surface area contributed by atoms with E-state index in [0.717, 1.165) is 12.1 Å². The molecule has 0 saturated carbocycles. The van der Waals surface area contributed by atoms with Crippen LogP contribution in [-0.4, -0.2) is 24.5 Å². The fourth-order valence-corrected chi connectivity index (χ4v) is 3.12. The molecule has 0 fully saturated rings. The van der Waals surface area contributed by atoms with Crippen molar-refractivity contribution >= 4 is 44.9 Å². The molecule has 1 N–H and O–H groups in total. The van der Waals surface area contributed by atoms with E-state index in [9.17, 15) is 18.0 Å². The van der Waals surface area contributed by atoms with Gasteiger partial charge in [-0.15, -0.1) is 0 Å². The Morgan fingerprint density at radius 1 is 0.773 bits per heavy atom. The standard InChI is InChI=1S/C14H6Cl2O5S/c15-11-4-9-10(5-12(11)16)14(18)8-3-6(22(19,20)21)1-2-7(8)13(9)17/h1-5H,(H,19,20,21). The normalized spacial score (nSPS) is 13.8. The highest BCUT2D eigenvalue weighted by atomic mass is 35.5. The van der Waals surface area contributed by atoms with Crippen molar-refractivity contribution in [2.24, 2.45) is 0 Å². The van der Waals surface area contributed by atoms with Gasteiger partial charge in [0.1, 0.15) is 0 Å².